The van der Waals surface area contributed by atoms with Gasteiger partial charge in [0.15, 0.2) is 10.7 Å². The van der Waals surface area contributed by atoms with Gasteiger partial charge in [-0.1, -0.05) is 42.0 Å². The molecule has 0 fully saturated rings. The average Bonchev–Trinajstić information content (AvgIpc) is 3.06. The molecule has 0 bridgehead atoms. The summed E-state index contributed by atoms with van der Waals surface area (Å²) < 4.78 is 0. The number of nitriles is 1. The highest BCUT2D eigenvalue weighted by Crippen LogP contribution is 2.26. The maximum absolute atomic E-state index is 9.37. The van der Waals surface area contributed by atoms with Gasteiger partial charge in [0, 0.05) is 10.9 Å². The number of anilines is 1. The fourth-order valence-electron chi connectivity index (χ4n) is 2.36. The molecule has 5 heteroatoms. The van der Waals surface area contributed by atoms with E-state index in [1.54, 1.807) is 0 Å². The van der Waals surface area contributed by atoms with Crippen molar-refractivity contribution in [2.75, 3.05) is 5.43 Å². The van der Waals surface area contributed by atoms with E-state index < -0.39 is 0 Å². The summed E-state index contributed by atoms with van der Waals surface area (Å²) in [5.74, 6) is 0. The van der Waals surface area contributed by atoms with E-state index in [1.807, 2.05) is 35.7 Å². The molecule has 2 aromatic carbocycles. The first-order chi connectivity index (χ1) is 11.7. The zero-order valence-electron chi connectivity index (χ0n) is 13.4. The number of benzene rings is 2. The van der Waals surface area contributed by atoms with Gasteiger partial charge in [-0.25, -0.2) is 4.98 Å². The third kappa shape index (κ3) is 3.50. The van der Waals surface area contributed by atoms with Crippen molar-refractivity contribution in [2.45, 2.75) is 13.8 Å². The predicted molar refractivity (Wildman–Crippen MR) is 99.2 cm³/mol. The molecular formula is C19H16N4S. The monoisotopic (exact) mass is 332 g/mol. The van der Waals surface area contributed by atoms with Crippen molar-refractivity contribution in [1.82, 2.24) is 4.98 Å². The van der Waals surface area contributed by atoms with Gasteiger partial charge in [0.05, 0.1) is 11.4 Å². The summed E-state index contributed by atoms with van der Waals surface area (Å²) in [7, 11) is 0. The molecule has 1 heterocycles. The lowest BCUT2D eigenvalue weighted by Gasteiger charge is -2.03. The van der Waals surface area contributed by atoms with E-state index >= 15 is 0 Å². The van der Waals surface area contributed by atoms with Gasteiger partial charge in [-0.2, -0.15) is 10.4 Å². The number of hydrogen-bond acceptors (Lipinski definition) is 5. The second-order valence-electron chi connectivity index (χ2n) is 5.41. The molecule has 0 atom stereocenters. The van der Waals surface area contributed by atoms with Gasteiger partial charge in [-0.15, -0.1) is 11.3 Å². The van der Waals surface area contributed by atoms with Crippen molar-refractivity contribution >= 4 is 22.7 Å². The lowest BCUT2D eigenvalue weighted by atomic mass is 10.0. The van der Waals surface area contributed by atoms with Crippen LogP contribution in [0.1, 0.15) is 16.1 Å². The first-order valence-electron chi connectivity index (χ1n) is 7.50. The summed E-state index contributed by atoms with van der Waals surface area (Å²) in [5.41, 5.74) is 8.34. The van der Waals surface area contributed by atoms with Crippen molar-refractivity contribution in [1.29, 1.82) is 5.26 Å². The van der Waals surface area contributed by atoms with Crippen LogP contribution in [-0.2, 0) is 0 Å². The van der Waals surface area contributed by atoms with Crippen molar-refractivity contribution in [3.63, 3.8) is 0 Å². The topological polar surface area (TPSA) is 61.1 Å². The molecule has 118 valence electrons. The van der Waals surface area contributed by atoms with E-state index in [0.717, 1.165) is 16.9 Å². The minimum atomic E-state index is 0.278. The van der Waals surface area contributed by atoms with Crippen molar-refractivity contribution < 1.29 is 0 Å². The molecule has 0 unspecified atom stereocenters. The predicted octanol–water partition coefficient (Wildman–Crippen LogP) is 4.77. The van der Waals surface area contributed by atoms with E-state index in [1.165, 1.54) is 22.5 Å². The van der Waals surface area contributed by atoms with Gasteiger partial charge in [-0.3, -0.25) is 5.43 Å². The lowest BCUT2D eigenvalue weighted by molar-refractivity contribution is 1.30. The van der Waals surface area contributed by atoms with E-state index in [2.05, 4.69) is 53.6 Å². The highest BCUT2D eigenvalue weighted by atomic mass is 32.1. The molecule has 0 saturated heterocycles. The molecule has 4 nitrogen and oxygen atoms in total. The number of nitrogens with zero attached hydrogens (tertiary/aromatic N) is 3. The zero-order valence-corrected chi connectivity index (χ0v) is 14.3. The van der Waals surface area contributed by atoms with Crippen LogP contribution in [0.15, 0.2) is 59.0 Å². The Morgan fingerprint density at radius 2 is 1.96 bits per heavy atom. The molecule has 24 heavy (non-hydrogen) atoms. The third-order valence-electron chi connectivity index (χ3n) is 3.54. The number of aromatic nitrogens is 1. The summed E-state index contributed by atoms with van der Waals surface area (Å²) in [6.45, 7) is 4.14. The Hall–Kier alpha value is -2.97. The largest absolute Gasteiger partial charge is 0.277 e. The third-order valence-corrected chi connectivity index (χ3v) is 4.39. The molecule has 0 saturated carbocycles. The number of hydrogen-bond donors (Lipinski definition) is 1. The first kappa shape index (κ1) is 15.9. The van der Waals surface area contributed by atoms with Crippen LogP contribution >= 0.6 is 11.3 Å². The quantitative estimate of drug-likeness (QED) is 0.553. The van der Waals surface area contributed by atoms with E-state index in [4.69, 9.17) is 0 Å². The summed E-state index contributed by atoms with van der Waals surface area (Å²) in [6, 6.07) is 17.9. The number of hydrazone groups is 1. The number of rotatable bonds is 4. The van der Waals surface area contributed by atoms with Crippen LogP contribution in [-0.4, -0.2) is 10.7 Å². The molecule has 0 amide bonds. The molecule has 1 N–H and O–H groups in total. The van der Waals surface area contributed by atoms with Gasteiger partial charge < -0.3 is 0 Å². The number of thiazole rings is 1. The van der Waals surface area contributed by atoms with Crippen LogP contribution in [0, 0.1) is 25.2 Å². The lowest BCUT2D eigenvalue weighted by Crippen LogP contribution is -2.01. The highest BCUT2D eigenvalue weighted by Gasteiger charge is 2.12. The highest BCUT2D eigenvalue weighted by molar-refractivity contribution is 7.12. The van der Waals surface area contributed by atoms with Crippen molar-refractivity contribution in [3.05, 3.63) is 70.0 Å². The molecular weight excluding hydrogens is 316 g/mol. The smallest absolute Gasteiger partial charge is 0.196 e. The summed E-state index contributed by atoms with van der Waals surface area (Å²) in [5, 5.41) is 16.1. The fraction of sp³-hybridized carbons (Fsp3) is 0.105. The van der Waals surface area contributed by atoms with Gasteiger partial charge >= 0.3 is 0 Å². The molecule has 0 aliphatic carbocycles. The molecule has 3 rings (SSSR count). The molecule has 0 aliphatic heterocycles. The number of para-hydroxylation sites is 1. The standard InChI is InChI=1S/C19H16N4S/c1-13-8-9-16(14(2)10-13)18-12-24-19(21-18)17(11-20)23-22-15-6-4-3-5-7-15/h3-10,12,22H,1-2H3/b23-17+. The second-order valence-corrected chi connectivity index (χ2v) is 6.26. The first-order valence-corrected chi connectivity index (χ1v) is 8.37. The zero-order chi connectivity index (χ0) is 16.9. The molecule has 3 aromatic rings. The Morgan fingerprint density at radius 3 is 2.67 bits per heavy atom. The number of nitrogens with one attached hydrogen (secondary N) is 1. The Balaban J connectivity index is 1.87. The van der Waals surface area contributed by atoms with Gasteiger partial charge in [0.25, 0.3) is 0 Å². The average molecular weight is 332 g/mol. The van der Waals surface area contributed by atoms with Gasteiger partial charge in [-0.05, 0) is 31.5 Å². The minimum Gasteiger partial charge on any atom is -0.277 e. The van der Waals surface area contributed by atoms with Crippen LogP contribution in [0.5, 0.6) is 0 Å². The van der Waals surface area contributed by atoms with Crippen LogP contribution in [0.2, 0.25) is 0 Å². The maximum Gasteiger partial charge on any atom is 0.196 e. The summed E-state index contributed by atoms with van der Waals surface area (Å²) in [4.78, 5) is 4.58. The Bertz CT molecular complexity index is 920. The Labute approximate surface area is 145 Å². The SMILES string of the molecule is Cc1ccc(-c2csc(/C(C#N)=N/Nc3ccccc3)n2)c(C)c1. The Morgan fingerprint density at radius 1 is 1.17 bits per heavy atom. The van der Waals surface area contributed by atoms with Crippen molar-refractivity contribution in [2.24, 2.45) is 5.10 Å². The molecule has 0 radical (unpaired) electrons. The Kier molecular flexibility index (Phi) is 4.69. The minimum absolute atomic E-state index is 0.278. The fourth-order valence-corrected chi connectivity index (χ4v) is 3.12. The maximum atomic E-state index is 9.37. The summed E-state index contributed by atoms with van der Waals surface area (Å²) in [6.07, 6.45) is 0. The molecule has 0 spiro atoms. The summed E-state index contributed by atoms with van der Waals surface area (Å²) >= 11 is 1.42. The molecule has 0 aliphatic rings. The van der Waals surface area contributed by atoms with Crippen LogP contribution in [0.25, 0.3) is 11.3 Å². The second kappa shape index (κ2) is 7.07. The number of aryl methyl sites for hydroxylation is 2. The molecule has 1 aromatic heterocycles. The van der Waals surface area contributed by atoms with Crippen molar-refractivity contribution in [3.8, 4) is 17.3 Å². The van der Waals surface area contributed by atoms with Gasteiger partial charge in [0.1, 0.15) is 6.07 Å². The van der Waals surface area contributed by atoms with E-state index in [0.29, 0.717) is 5.01 Å². The van der Waals surface area contributed by atoms with Crippen LogP contribution < -0.4 is 5.43 Å². The van der Waals surface area contributed by atoms with E-state index in [9.17, 15) is 5.26 Å². The normalized spacial score (nSPS) is 11.1. The van der Waals surface area contributed by atoms with Crippen LogP contribution in [0.4, 0.5) is 5.69 Å². The van der Waals surface area contributed by atoms with Gasteiger partial charge in [0.2, 0.25) is 0 Å². The van der Waals surface area contributed by atoms with Crippen LogP contribution in [0.3, 0.4) is 0 Å². The van der Waals surface area contributed by atoms with E-state index in [-0.39, 0.29) is 5.71 Å².